The molecule has 0 spiro atoms. The van der Waals surface area contributed by atoms with Crippen molar-refractivity contribution < 1.29 is 14.7 Å². The topological polar surface area (TPSA) is 95.1 Å². The number of carboxylic acid groups (broad SMARTS) is 1. The number of hydrogen-bond donors (Lipinski definition) is 3. The number of H-pyrrole nitrogens is 1. The SMILES string of the molecule is CCCC(CCNC(=O)CCC(=O)O)Sc1nc2ccccc2[nH]1. The number of fused-ring (bicyclic) bond motifs is 1. The summed E-state index contributed by atoms with van der Waals surface area (Å²) >= 11 is 1.70. The van der Waals surface area contributed by atoms with Crippen molar-refractivity contribution in [3.63, 3.8) is 0 Å². The molecule has 130 valence electrons. The van der Waals surface area contributed by atoms with E-state index in [4.69, 9.17) is 5.11 Å². The molecule has 6 nitrogen and oxygen atoms in total. The van der Waals surface area contributed by atoms with E-state index in [0.717, 1.165) is 35.5 Å². The summed E-state index contributed by atoms with van der Waals surface area (Å²) in [4.78, 5) is 29.9. The maximum absolute atomic E-state index is 11.6. The standard InChI is InChI=1S/C17H23N3O3S/c1-2-5-12(10-11-18-15(21)8-9-16(22)23)24-17-19-13-6-3-4-7-14(13)20-17/h3-4,6-7,12H,2,5,8-11H2,1H3,(H,18,21)(H,19,20)(H,22,23). The molecule has 3 N–H and O–H groups in total. The summed E-state index contributed by atoms with van der Waals surface area (Å²) in [6.07, 6.45) is 2.83. The van der Waals surface area contributed by atoms with Gasteiger partial charge in [0, 0.05) is 18.2 Å². The van der Waals surface area contributed by atoms with Crippen molar-refractivity contribution >= 4 is 34.7 Å². The molecule has 0 radical (unpaired) electrons. The number of thioether (sulfide) groups is 1. The van der Waals surface area contributed by atoms with Crippen LogP contribution in [0.25, 0.3) is 11.0 Å². The molecule has 2 rings (SSSR count). The van der Waals surface area contributed by atoms with Crippen LogP contribution in [-0.2, 0) is 9.59 Å². The quantitative estimate of drug-likeness (QED) is 0.573. The second-order valence-corrected chi connectivity index (χ2v) is 6.91. The predicted octanol–water partition coefficient (Wildman–Crippen LogP) is 3.19. The van der Waals surface area contributed by atoms with Crippen LogP contribution in [0.5, 0.6) is 0 Å². The van der Waals surface area contributed by atoms with E-state index in [-0.39, 0.29) is 18.7 Å². The van der Waals surface area contributed by atoms with Crippen molar-refractivity contribution in [1.29, 1.82) is 0 Å². The van der Waals surface area contributed by atoms with Crippen LogP contribution in [0.15, 0.2) is 29.4 Å². The van der Waals surface area contributed by atoms with Crippen LogP contribution in [0.3, 0.4) is 0 Å². The van der Waals surface area contributed by atoms with Crippen molar-refractivity contribution in [2.45, 2.75) is 49.4 Å². The average molecular weight is 349 g/mol. The molecular formula is C17H23N3O3S. The van der Waals surface area contributed by atoms with Gasteiger partial charge in [-0.1, -0.05) is 37.2 Å². The highest BCUT2D eigenvalue weighted by molar-refractivity contribution is 7.99. The maximum atomic E-state index is 11.6. The van der Waals surface area contributed by atoms with Crippen molar-refractivity contribution in [3.05, 3.63) is 24.3 Å². The summed E-state index contributed by atoms with van der Waals surface area (Å²) in [5.41, 5.74) is 1.98. The number of nitrogens with zero attached hydrogens (tertiary/aromatic N) is 1. The second-order valence-electron chi connectivity index (χ2n) is 5.62. The molecule has 0 fully saturated rings. The molecule has 0 aliphatic carbocycles. The van der Waals surface area contributed by atoms with Crippen molar-refractivity contribution in [1.82, 2.24) is 15.3 Å². The molecule has 1 amide bonds. The molecule has 7 heteroatoms. The Bertz CT molecular complexity index is 654. The first-order chi connectivity index (χ1) is 11.6. The number of imidazole rings is 1. The van der Waals surface area contributed by atoms with Crippen molar-refractivity contribution in [3.8, 4) is 0 Å². The van der Waals surface area contributed by atoms with E-state index >= 15 is 0 Å². The van der Waals surface area contributed by atoms with E-state index in [9.17, 15) is 9.59 Å². The highest BCUT2D eigenvalue weighted by Crippen LogP contribution is 2.27. The van der Waals surface area contributed by atoms with Gasteiger partial charge in [-0.3, -0.25) is 9.59 Å². The summed E-state index contributed by atoms with van der Waals surface area (Å²) in [5, 5.41) is 12.6. The summed E-state index contributed by atoms with van der Waals surface area (Å²) < 4.78 is 0. The first-order valence-corrected chi connectivity index (χ1v) is 9.06. The molecule has 1 atom stereocenters. The van der Waals surface area contributed by atoms with Gasteiger partial charge in [0.15, 0.2) is 5.16 Å². The number of benzene rings is 1. The minimum Gasteiger partial charge on any atom is -0.481 e. The smallest absolute Gasteiger partial charge is 0.303 e. The van der Waals surface area contributed by atoms with Gasteiger partial charge in [-0.25, -0.2) is 4.98 Å². The molecule has 2 aromatic rings. The highest BCUT2D eigenvalue weighted by Gasteiger charge is 2.13. The molecule has 1 aromatic carbocycles. The Balaban J connectivity index is 1.83. The Kier molecular flexibility index (Phi) is 7.11. The number of hydrogen-bond acceptors (Lipinski definition) is 4. The fourth-order valence-electron chi connectivity index (χ4n) is 2.41. The number of carboxylic acids is 1. The average Bonchev–Trinajstić information content (AvgIpc) is 2.95. The molecule has 0 saturated heterocycles. The highest BCUT2D eigenvalue weighted by atomic mass is 32.2. The third-order valence-corrected chi connectivity index (χ3v) is 4.83. The molecular weight excluding hydrogens is 326 g/mol. The largest absolute Gasteiger partial charge is 0.481 e. The Labute approximate surface area is 145 Å². The normalized spacial score (nSPS) is 12.2. The number of aliphatic carboxylic acids is 1. The fourth-order valence-corrected chi connectivity index (χ4v) is 3.63. The third kappa shape index (κ3) is 5.88. The van der Waals surface area contributed by atoms with E-state index in [2.05, 4.69) is 22.2 Å². The van der Waals surface area contributed by atoms with E-state index in [1.807, 2.05) is 24.3 Å². The number of amides is 1. The molecule has 0 aliphatic heterocycles. The molecule has 0 aliphatic rings. The van der Waals surface area contributed by atoms with Gasteiger partial charge in [-0.2, -0.15) is 0 Å². The van der Waals surface area contributed by atoms with Gasteiger partial charge in [0.1, 0.15) is 0 Å². The molecule has 1 heterocycles. The van der Waals surface area contributed by atoms with Gasteiger partial charge in [0.2, 0.25) is 5.91 Å². The van der Waals surface area contributed by atoms with Gasteiger partial charge >= 0.3 is 5.97 Å². The summed E-state index contributed by atoms with van der Waals surface area (Å²) in [6.45, 7) is 2.69. The Hall–Kier alpha value is -2.02. The van der Waals surface area contributed by atoms with Crippen LogP contribution in [0.2, 0.25) is 0 Å². The van der Waals surface area contributed by atoms with Gasteiger partial charge < -0.3 is 15.4 Å². The Morgan fingerprint density at radius 1 is 1.29 bits per heavy atom. The Morgan fingerprint density at radius 3 is 2.79 bits per heavy atom. The van der Waals surface area contributed by atoms with Gasteiger partial charge in [-0.15, -0.1) is 0 Å². The number of para-hydroxylation sites is 2. The zero-order valence-corrected chi connectivity index (χ0v) is 14.6. The van der Waals surface area contributed by atoms with Crippen molar-refractivity contribution in [2.24, 2.45) is 0 Å². The zero-order chi connectivity index (χ0) is 17.4. The molecule has 1 unspecified atom stereocenters. The molecule has 1 aromatic heterocycles. The molecule has 24 heavy (non-hydrogen) atoms. The second kappa shape index (κ2) is 9.32. The van der Waals surface area contributed by atoms with Crippen LogP contribution in [0, 0.1) is 0 Å². The summed E-state index contributed by atoms with van der Waals surface area (Å²) in [7, 11) is 0. The molecule has 0 bridgehead atoms. The minimum atomic E-state index is -0.950. The van der Waals surface area contributed by atoms with E-state index in [0.29, 0.717) is 11.8 Å². The van der Waals surface area contributed by atoms with Crippen LogP contribution in [-0.4, -0.2) is 38.7 Å². The number of carbonyl (C=O) groups excluding carboxylic acids is 1. The lowest BCUT2D eigenvalue weighted by Crippen LogP contribution is -2.26. The number of aromatic nitrogens is 2. The number of nitrogens with one attached hydrogen (secondary N) is 2. The van der Waals surface area contributed by atoms with Crippen molar-refractivity contribution in [2.75, 3.05) is 6.54 Å². The van der Waals surface area contributed by atoms with Crippen LogP contribution in [0.1, 0.15) is 39.0 Å². The first-order valence-electron chi connectivity index (χ1n) is 8.18. The molecule has 0 saturated carbocycles. The minimum absolute atomic E-state index is 0.0322. The van der Waals surface area contributed by atoms with E-state index in [1.54, 1.807) is 11.8 Å². The van der Waals surface area contributed by atoms with Crippen LogP contribution < -0.4 is 5.32 Å². The monoisotopic (exact) mass is 349 g/mol. The van der Waals surface area contributed by atoms with Gasteiger partial charge in [0.25, 0.3) is 0 Å². The summed E-state index contributed by atoms with van der Waals surface area (Å²) in [6, 6.07) is 7.93. The van der Waals surface area contributed by atoms with Gasteiger partial charge in [-0.05, 0) is 25.0 Å². The van der Waals surface area contributed by atoms with Crippen LogP contribution in [0.4, 0.5) is 0 Å². The fraction of sp³-hybridized carbons (Fsp3) is 0.471. The lowest BCUT2D eigenvalue weighted by molar-refractivity contribution is -0.138. The maximum Gasteiger partial charge on any atom is 0.303 e. The number of carbonyl (C=O) groups is 2. The van der Waals surface area contributed by atoms with Gasteiger partial charge in [0.05, 0.1) is 17.5 Å². The number of rotatable bonds is 10. The Morgan fingerprint density at radius 2 is 2.08 bits per heavy atom. The summed E-state index contributed by atoms with van der Waals surface area (Å²) in [5.74, 6) is -1.16. The number of aromatic amines is 1. The zero-order valence-electron chi connectivity index (χ0n) is 13.7. The lowest BCUT2D eigenvalue weighted by atomic mass is 10.2. The van der Waals surface area contributed by atoms with E-state index < -0.39 is 5.97 Å². The first kappa shape index (κ1) is 18.3. The third-order valence-electron chi connectivity index (χ3n) is 3.61. The predicted molar refractivity (Wildman–Crippen MR) is 95.1 cm³/mol. The van der Waals surface area contributed by atoms with Crippen LogP contribution >= 0.6 is 11.8 Å². The lowest BCUT2D eigenvalue weighted by Gasteiger charge is -2.14. The van der Waals surface area contributed by atoms with E-state index in [1.165, 1.54) is 0 Å².